The molecular formula is C17H32O. The Kier molecular flexibility index (Phi) is 12.4. The fourth-order valence-corrected chi connectivity index (χ4v) is 2.15. The van der Waals surface area contributed by atoms with Crippen molar-refractivity contribution in [2.45, 2.75) is 90.9 Å². The molecule has 0 aliphatic rings. The van der Waals surface area contributed by atoms with Gasteiger partial charge in [0.2, 0.25) is 0 Å². The van der Waals surface area contributed by atoms with Gasteiger partial charge in [-0.1, -0.05) is 71.8 Å². The molecule has 0 aromatic carbocycles. The maximum atomic E-state index is 11.8. The van der Waals surface area contributed by atoms with Crippen LogP contribution in [0.25, 0.3) is 0 Å². The summed E-state index contributed by atoms with van der Waals surface area (Å²) in [7, 11) is 0. The van der Waals surface area contributed by atoms with Gasteiger partial charge in [0.1, 0.15) is 0 Å². The lowest BCUT2D eigenvalue weighted by Crippen LogP contribution is -2.01. The van der Waals surface area contributed by atoms with Crippen LogP contribution in [0, 0.1) is 0 Å². The van der Waals surface area contributed by atoms with Crippen molar-refractivity contribution in [3.8, 4) is 0 Å². The van der Waals surface area contributed by atoms with Gasteiger partial charge < -0.3 is 0 Å². The van der Waals surface area contributed by atoms with E-state index in [1.54, 1.807) is 0 Å². The fourth-order valence-electron chi connectivity index (χ4n) is 2.15. The van der Waals surface area contributed by atoms with Crippen LogP contribution in [0.15, 0.2) is 12.2 Å². The Balaban J connectivity index is 3.41. The van der Waals surface area contributed by atoms with E-state index in [-0.39, 0.29) is 0 Å². The first-order valence-electron chi connectivity index (χ1n) is 7.93. The molecule has 0 radical (unpaired) electrons. The molecule has 0 bridgehead atoms. The Bertz CT molecular complexity index is 218. The number of carbonyl (C=O) groups excluding carboxylic acids is 1. The maximum Gasteiger partial charge on any atom is 0.158 e. The Morgan fingerprint density at radius 1 is 0.722 bits per heavy atom. The molecule has 0 fully saturated rings. The molecular weight excluding hydrogens is 220 g/mol. The lowest BCUT2D eigenvalue weighted by atomic mass is 10.00. The van der Waals surface area contributed by atoms with Crippen molar-refractivity contribution in [3.05, 3.63) is 12.2 Å². The van der Waals surface area contributed by atoms with Crippen LogP contribution in [0.3, 0.4) is 0 Å². The minimum atomic E-state index is 0.307. The van der Waals surface area contributed by atoms with Crippen molar-refractivity contribution < 1.29 is 4.79 Å². The summed E-state index contributed by atoms with van der Waals surface area (Å²) in [6.45, 7) is 8.37. The SMILES string of the molecule is C=C(CCCCCC)C(=O)CCCCCCCC. The standard InChI is InChI=1S/C17H32O/c1-4-6-8-10-11-13-15-17(18)16(3)14-12-9-7-5-2/h3-15H2,1-2H3. The molecule has 0 atom stereocenters. The van der Waals surface area contributed by atoms with Gasteiger partial charge in [-0.05, 0) is 24.8 Å². The summed E-state index contributed by atoms with van der Waals surface area (Å²) in [6.07, 6.45) is 14.0. The first kappa shape index (κ1) is 17.4. The van der Waals surface area contributed by atoms with Gasteiger partial charge in [-0.25, -0.2) is 0 Å². The number of allylic oxidation sites excluding steroid dienone is 1. The second-order valence-electron chi connectivity index (χ2n) is 5.36. The monoisotopic (exact) mass is 252 g/mol. The molecule has 0 saturated carbocycles. The highest BCUT2D eigenvalue weighted by Crippen LogP contribution is 2.13. The first-order valence-corrected chi connectivity index (χ1v) is 7.93. The molecule has 0 spiro atoms. The van der Waals surface area contributed by atoms with Crippen molar-refractivity contribution in [2.24, 2.45) is 0 Å². The fraction of sp³-hybridized carbons (Fsp3) is 0.824. The molecule has 0 unspecified atom stereocenters. The van der Waals surface area contributed by atoms with Crippen molar-refractivity contribution in [1.29, 1.82) is 0 Å². The van der Waals surface area contributed by atoms with Gasteiger partial charge in [0.05, 0.1) is 0 Å². The van der Waals surface area contributed by atoms with E-state index in [4.69, 9.17) is 0 Å². The van der Waals surface area contributed by atoms with Crippen LogP contribution >= 0.6 is 0 Å². The molecule has 0 saturated heterocycles. The number of rotatable bonds is 13. The quantitative estimate of drug-likeness (QED) is 0.297. The third kappa shape index (κ3) is 10.6. The van der Waals surface area contributed by atoms with Crippen LogP contribution < -0.4 is 0 Å². The van der Waals surface area contributed by atoms with Crippen LogP contribution in [0.5, 0.6) is 0 Å². The number of unbranched alkanes of at least 4 members (excludes halogenated alkanes) is 8. The summed E-state index contributed by atoms with van der Waals surface area (Å²) in [5.74, 6) is 0.307. The zero-order chi connectivity index (χ0) is 13.6. The Morgan fingerprint density at radius 3 is 1.78 bits per heavy atom. The molecule has 0 rings (SSSR count). The highest BCUT2D eigenvalue weighted by atomic mass is 16.1. The average Bonchev–Trinajstić information content (AvgIpc) is 2.38. The van der Waals surface area contributed by atoms with Gasteiger partial charge in [-0.3, -0.25) is 4.79 Å². The van der Waals surface area contributed by atoms with E-state index in [0.717, 1.165) is 31.3 Å². The van der Waals surface area contributed by atoms with Crippen molar-refractivity contribution in [2.75, 3.05) is 0 Å². The van der Waals surface area contributed by atoms with E-state index in [0.29, 0.717) is 5.78 Å². The highest BCUT2D eigenvalue weighted by Gasteiger charge is 2.06. The Labute approximate surface area is 114 Å². The van der Waals surface area contributed by atoms with Gasteiger partial charge >= 0.3 is 0 Å². The number of ketones is 1. The third-order valence-corrected chi connectivity index (χ3v) is 3.48. The third-order valence-electron chi connectivity index (χ3n) is 3.48. The summed E-state index contributed by atoms with van der Waals surface area (Å²) >= 11 is 0. The number of hydrogen-bond acceptors (Lipinski definition) is 1. The number of Topliss-reactive ketones (excluding diaryl/α,β-unsaturated/α-hetero) is 1. The molecule has 0 aliphatic heterocycles. The molecule has 106 valence electrons. The van der Waals surface area contributed by atoms with Crippen LogP contribution in [0.2, 0.25) is 0 Å². The molecule has 1 nitrogen and oxygen atoms in total. The molecule has 0 aromatic heterocycles. The number of hydrogen-bond donors (Lipinski definition) is 0. The van der Waals surface area contributed by atoms with E-state index < -0.39 is 0 Å². The number of carbonyl (C=O) groups is 1. The van der Waals surface area contributed by atoms with Crippen LogP contribution in [0.1, 0.15) is 90.9 Å². The highest BCUT2D eigenvalue weighted by molar-refractivity contribution is 5.94. The summed E-state index contributed by atoms with van der Waals surface area (Å²) in [5.41, 5.74) is 0.861. The van der Waals surface area contributed by atoms with Gasteiger partial charge in [-0.2, -0.15) is 0 Å². The lowest BCUT2D eigenvalue weighted by molar-refractivity contribution is -0.115. The summed E-state index contributed by atoms with van der Waals surface area (Å²) in [6, 6.07) is 0. The second kappa shape index (κ2) is 12.9. The van der Waals surface area contributed by atoms with Gasteiger partial charge in [0.15, 0.2) is 5.78 Å². The predicted molar refractivity (Wildman–Crippen MR) is 80.9 cm³/mol. The van der Waals surface area contributed by atoms with Gasteiger partial charge in [0.25, 0.3) is 0 Å². The van der Waals surface area contributed by atoms with Crippen molar-refractivity contribution >= 4 is 5.78 Å². The molecule has 1 heteroatoms. The first-order chi connectivity index (χ1) is 8.72. The summed E-state index contributed by atoms with van der Waals surface area (Å²) < 4.78 is 0. The molecule has 0 aromatic rings. The van der Waals surface area contributed by atoms with E-state index in [1.165, 1.54) is 51.4 Å². The van der Waals surface area contributed by atoms with Crippen LogP contribution in [-0.2, 0) is 4.79 Å². The van der Waals surface area contributed by atoms with Crippen LogP contribution in [-0.4, -0.2) is 5.78 Å². The topological polar surface area (TPSA) is 17.1 Å². The van der Waals surface area contributed by atoms with Crippen molar-refractivity contribution in [1.82, 2.24) is 0 Å². The largest absolute Gasteiger partial charge is 0.295 e. The molecule has 18 heavy (non-hydrogen) atoms. The van der Waals surface area contributed by atoms with Gasteiger partial charge in [-0.15, -0.1) is 0 Å². The van der Waals surface area contributed by atoms with E-state index >= 15 is 0 Å². The predicted octanol–water partition coefficient (Wildman–Crippen LogP) is 5.83. The molecule has 0 heterocycles. The van der Waals surface area contributed by atoms with E-state index in [2.05, 4.69) is 20.4 Å². The molecule has 0 amide bonds. The maximum absolute atomic E-state index is 11.8. The van der Waals surface area contributed by atoms with Gasteiger partial charge in [0, 0.05) is 6.42 Å². The molecule has 0 N–H and O–H groups in total. The van der Waals surface area contributed by atoms with Crippen LogP contribution in [0.4, 0.5) is 0 Å². The smallest absolute Gasteiger partial charge is 0.158 e. The van der Waals surface area contributed by atoms with E-state index in [9.17, 15) is 4.79 Å². The summed E-state index contributed by atoms with van der Waals surface area (Å²) in [5, 5.41) is 0. The molecule has 0 aliphatic carbocycles. The lowest BCUT2D eigenvalue weighted by Gasteiger charge is -2.05. The second-order valence-corrected chi connectivity index (χ2v) is 5.36. The Hall–Kier alpha value is -0.590. The van der Waals surface area contributed by atoms with Crippen molar-refractivity contribution in [3.63, 3.8) is 0 Å². The summed E-state index contributed by atoms with van der Waals surface area (Å²) in [4.78, 5) is 11.8. The zero-order valence-electron chi connectivity index (χ0n) is 12.6. The minimum Gasteiger partial charge on any atom is -0.295 e. The average molecular weight is 252 g/mol. The minimum absolute atomic E-state index is 0.307. The Morgan fingerprint density at radius 2 is 1.17 bits per heavy atom. The van der Waals surface area contributed by atoms with E-state index in [1.807, 2.05) is 0 Å². The zero-order valence-corrected chi connectivity index (χ0v) is 12.6. The normalized spacial score (nSPS) is 10.6.